The normalized spacial score (nSPS) is 22.5. The Morgan fingerprint density at radius 3 is 2.92 bits per heavy atom. The zero-order valence-corrected chi connectivity index (χ0v) is 15.6. The quantitative estimate of drug-likeness (QED) is 0.661. The monoisotopic (exact) mass is 349 g/mol. The smallest absolute Gasteiger partial charge is 0.0946 e. The third kappa shape index (κ3) is 3.96. The van der Waals surface area contributed by atoms with Crippen LogP contribution in [0.1, 0.15) is 38.8 Å². The van der Waals surface area contributed by atoms with Crippen molar-refractivity contribution in [2.75, 3.05) is 0 Å². The summed E-state index contributed by atoms with van der Waals surface area (Å²) in [6.07, 6.45) is 9.58. The van der Waals surface area contributed by atoms with Crippen molar-refractivity contribution >= 4 is 10.9 Å². The van der Waals surface area contributed by atoms with E-state index >= 15 is 0 Å². The summed E-state index contributed by atoms with van der Waals surface area (Å²) < 4.78 is 8.55. The maximum Gasteiger partial charge on any atom is 0.0946 e. The molecule has 1 aliphatic rings. The van der Waals surface area contributed by atoms with Gasteiger partial charge in [-0.15, -0.1) is 0 Å². The molecule has 0 spiro atoms. The molecule has 2 atom stereocenters. The third-order valence-corrected chi connectivity index (χ3v) is 5.55. The molecule has 1 aliphatic carbocycles. The maximum atomic E-state index is 6.38. The van der Waals surface area contributed by atoms with Gasteiger partial charge in [-0.1, -0.05) is 38.1 Å². The van der Waals surface area contributed by atoms with E-state index < -0.39 is 0 Å². The molecule has 4 heteroatoms. The minimum absolute atomic E-state index is 0.277. The number of benzene rings is 1. The van der Waals surface area contributed by atoms with Crippen molar-refractivity contribution < 1.29 is 4.74 Å². The van der Waals surface area contributed by atoms with Gasteiger partial charge in [-0.3, -0.25) is 4.98 Å². The van der Waals surface area contributed by atoms with Crippen molar-refractivity contribution in [1.82, 2.24) is 14.5 Å². The molecule has 1 aromatic carbocycles. The average Bonchev–Trinajstić information content (AvgIpc) is 3.13. The molecule has 0 N–H and O–H groups in total. The van der Waals surface area contributed by atoms with Gasteiger partial charge in [0.15, 0.2) is 0 Å². The van der Waals surface area contributed by atoms with Gasteiger partial charge in [0, 0.05) is 30.2 Å². The molecule has 0 radical (unpaired) electrons. The van der Waals surface area contributed by atoms with Gasteiger partial charge in [-0.2, -0.15) is 0 Å². The Kier molecular flexibility index (Phi) is 4.77. The van der Waals surface area contributed by atoms with Gasteiger partial charge >= 0.3 is 0 Å². The lowest BCUT2D eigenvalue weighted by molar-refractivity contribution is -0.0527. The first-order valence-electron chi connectivity index (χ1n) is 9.51. The Morgan fingerprint density at radius 1 is 1.19 bits per heavy atom. The van der Waals surface area contributed by atoms with E-state index in [1.807, 2.05) is 30.9 Å². The molecule has 2 aromatic heterocycles. The Hall–Kier alpha value is -2.20. The summed E-state index contributed by atoms with van der Waals surface area (Å²) in [6, 6.07) is 12.4. The van der Waals surface area contributed by atoms with Gasteiger partial charge < -0.3 is 9.30 Å². The number of rotatable bonds is 5. The number of nitrogens with zero attached hydrogens (tertiary/aromatic N) is 3. The highest BCUT2D eigenvalue weighted by molar-refractivity contribution is 5.78. The Morgan fingerprint density at radius 2 is 2.08 bits per heavy atom. The van der Waals surface area contributed by atoms with Crippen molar-refractivity contribution in [3.63, 3.8) is 0 Å². The number of fused-ring (bicyclic) bond motifs is 1. The lowest BCUT2D eigenvalue weighted by Gasteiger charge is -2.40. The molecule has 26 heavy (non-hydrogen) atoms. The van der Waals surface area contributed by atoms with Crippen LogP contribution >= 0.6 is 0 Å². The van der Waals surface area contributed by atoms with Crippen LogP contribution in [0.4, 0.5) is 0 Å². The number of hydrogen-bond donors (Lipinski definition) is 0. The first-order chi connectivity index (χ1) is 12.6. The zero-order chi connectivity index (χ0) is 18.0. The summed E-state index contributed by atoms with van der Waals surface area (Å²) in [5.41, 5.74) is 2.43. The molecule has 4 rings (SSSR count). The third-order valence-electron chi connectivity index (χ3n) is 5.55. The van der Waals surface area contributed by atoms with Crippen molar-refractivity contribution in [1.29, 1.82) is 0 Å². The van der Waals surface area contributed by atoms with Crippen molar-refractivity contribution in [3.05, 3.63) is 60.8 Å². The lowest BCUT2D eigenvalue weighted by Crippen LogP contribution is -2.37. The highest BCUT2D eigenvalue weighted by Gasteiger charge is 2.35. The Bertz CT molecular complexity index is 857. The van der Waals surface area contributed by atoms with Crippen LogP contribution in [-0.4, -0.2) is 20.6 Å². The molecule has 2 heterocycles. The second-order valence-electron chi connectivity index (χ2n) is 8.27. The van der Waals surface area contributed by atoms with E-state index in [-0.39, 0.29) is 6.10 Å². The molecule has 0 amide bonds. The van der Waals surface area contributed by atoms with Crippen LogP contribution in [0.25, 0.3) is 10.9 Å². The van der Waals surface area contributed by atoms with Crippen LogP contribution in [0.3, 0.4) is 0 Å². The lowest BCUT2D eigenvalue weighted by atomic mass is 9.70. The highest BCUT2D eigenvalue weighted by Crippen LogP contribution is 2.40. The molecule has 1 saturated carbocycles. The molecule has 4 nitrogen and oxygen atoms in total. The van der Waals surface area contributed by atoms with Gasteiger partial charge in [0.05, 0.1) is 30.2 Å². The predicted molar refractivity (Wildman–Crippen MR) is 104 cm³/mol. The summed E-state index contributed by atoms with van der Waals surface area (Å²) >= 11 is 0. The molecule has 0 saturated heterocycles. The molecular formula is C22H27N3O. The largest absolute Gasteiger partial charge is 0.372 e. The van der Waals surface area contributed by atoms with Crippen LogP contribution in [0.15, 0.2) is 55.1 Å². The number of para-hydroxylation sites is 1. The fourth-order valence-electron chi connectivity index (χ4n) is 4.16. The van der Waals surface area contributed by atoms with Crippen molar-refractivity contribution in [2.24, 2.45) is 11.3 Å². The Balaban J connectivity index is 1.45. The standard InChI is InChI=1S/C22H27N3O/c1-22(2)10-9-21(18(13-22)14-25-12-11-23-16-25)26-15-19-8-7-17-5-3-4-6-20(17)24-19/h3-8,11-12,16,18,21H,9-10,13-15H2,1-2H3/t18-,21-/m0/s1. The van der Waals surface area contributed by atoms with Gasteiger partial charge in [0.25, 0.3) is 0 Å². The molecule has 0 aliphatic heterocycles. The van der Waals surface area contributed by atoms with Crippen LogP contribution in [0, 0.1) is 11.3 Å². The van der Waals surface area contributed by atoms with Crippen LogP contribution < -0.4 is 0 Å². The van der Waals surface area contributed by atoms with Gasteiger partial charge in [0.1, 0.15) is 0 Å². The zero-order valence-electron chi connectivity index (χ0n) is 15.6. The topological polar surface area (TPSA) is 39.9 Å². The molecule has 136 valence electrons. The highest BCUT2D eigenvalue weighted by atomic mass is 16.5. The molecule has 0 bridgehead atoms. The number of hydrogen-bond acceptors (Lipinski definition) is 3. The number of imidazole rings is 1. The fraction of sp³-hybridized carbons (Fsp3) is 0.455. The van der Waals surface area contributed by atoms with Crippen LogP contribution in [0.2, 0.25) is 0 Å². The van der Waals surface area contributed by atoms with Crippen molar-refractivity contribution in [3.8, 4) is 0 Å². The van der Waals surface area contributed by atoms with E-state index in [1.165, 1.54) is 18.2 Å². The first-order valence-corrected chi connectivity index (χ1v) is 9.51. The summed E-state index contributed by atoms with van der Waals surface area (Å²) in [4.78, 5) is 8.93. The molecule has 0 unspecified atom stereocenters. The van der Waals surface area contributed by atoms with Gasteiger partial charge in [-0.05, 0) is 36.8 Å². The predicted octanol–water partition coefficient (Wildman–Crippen LogP) is 4.84. The van der Waals surface area contributed by atoms with E-state index in [2.05, 4.69) is 47.7 Å². The second-order valence-corrected chi connectivity index (χ2v) is 8.27. The van der Waals surface area contributed by atoms with Gasteiger partial charge in [0.2, 0.25) is 0 Å². The molecular weight excluding hydrogens is 322 g/mol. The number of aromatic nitrogens is 3. The molecule has 3 aromatic rings. The summed E-state index contributed by atoms with van der Waals surface area (Å²) in [6.45, 7) is 6.29. The summed E-state index contributed by atoms with van der Waals surface area (Å²) in [5, 5.41) is 1.17. The van der Waals surface area contributed by atoms with E-state index in [0.717, 1.165) is 24.2 Å². The SMILES string of the molecule is CC1(C)CC[C@H](OCc2ccc3ccccc3n2)[C@H](Cn2ccnc2)C1. The summed E-state index contributed by atoms with van der Waals surface area (Å²) in [7, 11) is 0. The summed E-state index contributed by atoms with van der Waals surface area (Å²) in [5.74, 6) is 0.508. The maximum absolute atomic E-state index is 6.38. The fourth-order valence-corrected chi connectivity index (χ4v) is 4.16. The van der Waals surface area contributed by atoms with Crippen LogP contribution in [-0.2, 0) is 17.9 Å². The van der Waals surface area contributed by atoms with E-state index in [1.54, 1.807) is 0 Å². The number of ether oxygens (including phenoxy) is 1. The molecule has 1 fully saturated rings. The van der Waals surface area contributed by atoms with Crippen molar-refractivity contribution in [2.45, 2.75) is 52.4 Å². The number of pyridine rings is 1. The average molecular weight is 349 g/mol. The second kappa shape index (κ2) is 7.20. The van der Waals surface area contributed by atoms with E-state index in [9.17, 15) is 0 Å². The van der Waals surface area contributed by atoms with Gasteiger partial charge in [-0.25, -0.2) is 4.98 Å². The minimum atomic E-state index is 0.277. The van der Waals surface area contributed by atoms with Crippen LogP contribution in [0.5, 0.6) is 0 Å². The Labute approximate surface area is 155 Å². The van der Waals surface area contributed by atoms with E-state index in [4.69, 9.17) is 9.72 Å². The van der Waals surface area contributed by atoms with E-state index in [0.29, 0.717) is 17.9 Å². The minimum Gasteiger partial charge on any atom is -0.372 e. The first kappa shape index (κ1) is 17.2.